The summed E-state index contributed by atoms with van der Waals surface area (Å²) in [4.78, 5) is 14.6. The zero-order valence-electron chi connectivity index (χ0n) is 8.94. The van der Waals surface area contributed by atoms with Gasteiger partial charge in [0.1, 0.15) is 11.3 Å². The fourth-order valence-corrected chi connectivity index (χ4v) is 2.66. The van der Waals surface area contributed by atoms with Crippen LogP contribution in [-0.2, 0) is 0 Å². The first-order valence-corrected chi connectivity index (χ1v) is 5.69. The molecule has 2 N–H and O–H groups in total. The Labute approximate surface area is 92.5 Å². The standard InChI is InChI=1S/C12H14N2O2/c15-10-7-3-6-9-11(10)13-12(16)14(9)8-4-1-2-5-8/h3,6-8,15H,1-2,4-5H2,(H,13,16). The van der Waals surface area contributed by atoms with Crippen LogP contribution in [0.15, 0.2) is 23.0 Å². The number of aromatic hydroxyl groups is 1. The van der Waals surface area contributed by atoms with E-state index in [4.69, 9.17) is 0 Å². The number of benzene rings is 1. The van der Waals surface area contributed by atoms with E-state index in [-0.39, 0.29) is 11.4 Å². The van der Waals surface area contributed by atoms with Gasteiger partial charge >= 0.3 is 5.69 Å². The second-order valence-corrected chi connectivity index (χ2v) is 4.41. The summed E-state index contributed by atoms with van der Waals surface area (Å²) in [5.74, 6) is 0.145. The van der Waals surface area contributed by atoms with Gasteiger partial charge in [0.05, 0.1) is 5.52 Å². The lowest BCUT2D eigenvalue weighted by molar-refractivity contribution is 0.480. The summed E-state index contributed by atoms with van der Waals surface area (Å²) in [6.45, 7) is 0. The number of H-pyrrole nitrogens is 1. The summed E-state index contributed by atoms with van der Waals surface area (Å²) in [6.07, 6.45) is 4.48. The van der Waals surface area contributed by atoms with Crippen LogP contribution in [0.1, 0.15) is 31.7 Å². The van der Waals surface area contributed by atoms with E-state index in [9.17, 15) is 9.90 Å². The lowest BCUT2D eigenvalue weighted by Gasteiger charge is -2.10. The molecule has 0 saturated heterocycles. The molecule has 1 aliphatic carbocycles. The van der Waals surface area contributed by atoms with E-state index in [0.29, 0.717) is 11.6 Å². The molecule has 3 rings (SSSR count). The number of aromatic nitrogens is 2. The van der Waals surface area contributed by atoms with Gasteiger partial charge in [0.15, 0.2) is 0 Å². The van der Waals surface area contributed by atoms with Crippen LogP contribution in [0.3, 0.4) is 0 Å². The van der Waals surface area contributed by atoms with Crippen LogP contribution < -0.4 is 5.69 Å². The van der Waals surface area contributed by atoms with Crippen LogP contribution in [-0.4, -0.2) is 14.7 Å². The molecule has 1 fully saturated rings. The van der Waals surface area contributed by atoms with E-state index in [2.05, 4.69) is 4.98 Å². The summed E-state index contributed by atoms with van der Waals surface area (Å²) < 4.78 is 1.79. The van der Waals surface area contributed by atoms with E-state index in [0.717, 1.165) is 18.4 Å². The maximum atomic E-state index is 11.9. The molecule has 0 atom stereocenters. The second-order valence-electron chi connectivity index (χ2n) is 4.41. The van der Waals surface area contributed by atoms with Crippen LogP contribution in [0, 0.1) is 0 Å². The van der Waals surface area contributed by atoms with Crippen molar-refractivity contribution in [2.75, 3.05) is 0 Å². The van der Waals surface area contributed by atoms with Crippen LogP contribution in [0.2, 0.25) is 0 Å². The highest BCUT2D eigenvalue weighted by Gasteiger charge is 2.21. The normalized spacial score (nSPS) is 17.2. The third-order valence-corrected chi connectivity index (χ3v) is 3.42. The predicted octanol–water partition coefficient (Wildman–Crippen LogP) is 2.15. The number of nitrogens with zero attached hydrogens (tertiary/aromatic N) is 1. The van der Waals surface area contributed by atoms with E-state index >= 15 is 0 Å². The zero-order chi connectivity index (χ0) is 11.1. The first-order valence-electron chi connectivity index (χ1n) is 5.69. The molecule has 1 aliphatic rings. The van der Waals surface area contributed by atoms with Crippen molar-refractivity contribution in [3.63, 3.8) is 0 Å². The van der Waals surface area contributed by atoms with Crippen molar-refractivity contribution in [3.05, 3.63) is 28.7 Å². The number of hydrogen-bond acceptors (Lipinski definition) is 2. The van der Waals surface area contributed by atoms with Crippen molar-refractivity contribution in [1.29, 1.82) is 0 Å². The number of rotatable bonds is 1. The largest absolute Gasteiger partial charge is 0.506 e. The number of para-hydroxylation sites is 1. The van der Waals surface area contributed by atoms with Crippen molar-refractivity contribution in [2.24, 2.45) is 0 Å². The van der Waals surface area contributed by atoms with Crippen molar-refractivity contribution < 1.29 is 5.11 Å². The third kappa shape index (κ3) is 1.26. The van der Waals surface area contributed by atoms with Gasteiger partial charge < -0.3 is 10.1 Å². The molecule has 1 aromatic heterocycles. The Balaban J connectivity index is 2.27. The van der Waals surface area contributed by atoms with E-state index in [1.807, 2.05) is 6.07 Å². The summed E-state index contributed by atoms with van der Waals surface area (Å²) in [5.41, 5.74) is 1.26. The Bertz CT molecular complexity index is 576. The molecule has 84 valence electrons. The Hall–Kier alpha value is -1.71. The highest BCUT2D eigenvalue weighted by atomic mass is 16.3. The SMILES string of the molecule is O=c1[nH]c2c(O)cccc2n1C1CCCC1. The van der Waals surface area contributed by atoms with Gasteiger partial charge in [0, 0.05) is 6.04 Å². The average molecular weight is 218 g/mol. The molecule has 1 saturated carbocycles. The summed E-state index contributed by atoms with van der Waals surface area (Å²) >= 11 is 0. The maximum Gasteiger partial charge on any atom is 0.326 e. The summed E-state index contributed by atoms with van der Waals surface area (Å²) in [5, 5.41) is 9.67. The molecular formula is C12H14N2O2. The highest BCUT2D eigenvalue weighted by Crippen LogP contribution is 2.32. The molecule has 1 heterocycles. The average Bonchev–Trinajstić information content (AvgIpc) is 2.85. The number of aromatic amines is 1. The molecule has 0 spiro atoms. The fourth-order valence-electron chi connectivity index (χ4n) is 2.66. The molecule has 0 amide bonds. The van der Waals surface area contributed by atoms with Crippen LogP contribution >= 0.6 is 0 Å². The molecular weight excluding hydrogens is 204 g/mol. The van der Waals surface area contributed by atoms with Gasteiger partial charge in [0.25, 0.3) is 0 Å². The van der Waals surface area contributed by atoms with Gasteiger partial charge in [0.2, 0.25) is 0 Å². The minimum Gasteiger partial charge on any atom is -0.506 e. The molecule has 16 heavy (non-hydrogen) atoms. The first-order chi connectivity index (χ1) is 7.77. The van der Waals surface area contributed by atoms with Gasteiger partial charge in [-0.25, -0.2) is 4.79 Å². The Morgan fingerprint density at radius 2 is 2.06 bits per heavy atom. The number of nitrogens with one attached hydrogen (secondary N) is 1. The van der Waals surface area contributed by atoms with Gasteiger partial charge in [-0.15, -0.1) is 0 Å². The molecule has 0 aliphatic heterocycles. The number of hydrogen-bond donors (Lipinski definition) is 2. The van der Waals surface area contributed by atoms with Crippen molar-refractivity contribution in [1.82, 2.24) is 9.55 Å². The second kappa shape index (κ2) is 3.40. The van der Waals surface area contributed by atoms with Gasteiger partial charge in [-0.1, -0.05) is 18.9 Å². The van der Waals surface area contributed by atoms with Crippen molar-refractivity contribution >= 4 is 11.0 Å². The predicted molar refractivity (Wildman–Crippen MR) is 61.7 cm³/mol. The van der Waals surface area contributed by atoms with E-state index in [1.54, 1.807) is 16.7 Å². The van der Waals surface area contributed by atoms with E-state index in [1.165, 1.54) is 12.8 Å². The third-order valence-electron chi connectivity index (χ3n) is 3.42. The Morgan fingerprint density at radius 1 is 1.31 bits per heavy atom. The fraction of sp³-hybridized carbons (Fsp3) is 0.417. The minimum absolute atomic E-state index is 0.108. The summed E-state index contributed by atoms with van der Waals surface area (Å²) in [7, 11) is 0. The lowest BCUT2D eigenvalue weighted by Crippen LogP contribution is -2.20. The monoisotopic (exact) mass is 218 g/mol. The highest BCUT2D eigenvalue weighted by molar-refractivity contribution is 5.81. The molecule has 0 radical (unpaired) electrons. The Morgan fingerprint density at radius 3 is 2.81 bits per heavy atom. The topological polar surface area (TPSA) is 58.0 Å². The lowest BCUT2D eigenvalue weighted by atomic mass is 10.2. The molecule has 0 unspecified atom stereocenters. The molecule has 4 heteroatoms. The molecule has 4 nitrogen and oxygen atoms in total. The number of phenolic OH excluding ortho intramolecular Hbond substituents is 1. The molecule has 1 aromatic carbocycles. The number of imidazole rings is 1. The number of phenols is 1. The Kier molecular flexibility index (Phi) is 2.02. The first kappa shape index (κ1) is 9.51. The maximum absolute atomic E-state index is 11.9. The van der Waals surface area contributed by atoms with Gasteiger partial charge in [-0.2, -0.15) is 0 Å². The van der Waals surface area contributed by atoms with Crippen molar-refractivity contribution in [3.8, 4) is 5.75 Å². The van der Waals surface area contributed by atoms with Crippen LogP contribution in [0.5, 0.6) is 5.75 Å². The quantitative estimate of drug-likeness (QED) is 0.770. The van der Waals surface area contributed by atoms with Gasteiger partial charge in [-0.3, -0.25) is 4.57 Å². The van der Waals surface area contributed by atoms with Gasteiger partial charge in [-0.05, 0) is 25.0 Å². The van der Waals surface area contributed by atoms with Crippen LogP contribution in [0.25, 0.3) is 11.0 Å². The molecule has 0 bridgehead atoms. The molecule has 2 aromatic rings. The zero-order valence-corrected chi connectivity index (χ0v) is 8.94. The minimum atomic E-state index is -0.108. The van der Waals surface area contributed by atoms with Crippen LogP contribution in [0.4, 0.5) is 0 Å². The van der Waals surface area contributed by atoms with E-state index < -0.39 is 0 Å². The smallest absolute Gasteiger partial charge is 0.326 e. The summed E-state index contributed by atoms with van der Waals surface area (Å²) in [6, 6.07) is 5.54. The van der Waals surface area contributed by atoms with Crippen molar-refractivity contribution in [2.45, 2.75) is 31.7 Å². The number of fused-ring (bicyclic) bond motifs is 1.